The Kier molecular flexibility index (Phi) is 12.7. The van der Waals surface area contributed by atoms with E-state index in [2.05, 4.69) is 14.2 Å². The van der Waals surface area contributed by atoms with Crippen molar-refractivity contribution >= 4 is 51.1 Å². The number of nitrogens with one attached hydrogen (secondary N) is 1. The zero-order chi connectivity index (χ0) is 31.7. The molecule has 0 amide bonds. The molecule has 1 aliphatic heterocycles. The highest BCUT2D eigenvalue weighted by molar-refractivity contribution is 7.81. The minimum absolute atomic E-state index is 0.00441. The molecule has 2 aromatic rings. The van der Waals surface area contributed by atoms with Crippen molar-refractivity contribution in [3.63, 3.8) is 0 Å². The zero-order valence-corrected chi connectivity index (χ0v) is 24.9. The van der Waals surface area contributed by atoms with Crippen molar-refractivity contribution in [3.05, 3.63) is 82.2 Å². The van der Waals surface area contributed by atoms with E-state index in [1.807, 2.05) is 0 Å². The Morgan fingerprint density at radius 1 is 1.00 bits per heavy atom. The zero-order valence-electron chi connectivity index (χ0n) is 21.8. The van der Waals surface area contributed by atoms with Crippen LogP contribution in [0.2, 0.25) is 0 Å². The lowest BCUT2D eigenvalue weighted by atomic mass is 9.97. The lowest BCUT2D eigenvalue weighted by Gasteiger charge is -2.44. The first kappa shape index (κ1) is 35.1. The van der Waals surface area contributed by atoms with Crippen molar-refractivity contribution in [3.8, 4) is 0 Å². The molecule has 12 nitrogen and oxygen atoms in total. The molecule has 43 heavy (non-hydrogen) atoms. The number of hydrogen-bond acceptors (Lipinski definition) is 10. The standard InChI is InChI=1S/C24H24Cl3F3N4O8S/c25-24(26,27)22(31)41-21-18(33-34-32)20(38-12-16-9-5-2-6-10-16)19(42-43(35,36)39-14-23(28,29)30)17(40-21)13-37-11-15-7-3-1-4-8-15/h1-10,17-21,31H,11-14H2/t17-,18-,19+,20-,21-/m1/s1. The van der Waals surface area contributed by atoms with Crippen molar-refractivity contribution in [2.24, 2.45) is 5.11 Å². The third-order valence-corrected chi connectivity index (χ3v) is 6.95. The van der Waals surface area contributed by atoms with Gasteiger partial charge in [0, 0.05) is 4.91 Å². The molecule has 1 aliphatic rings. The van der Waals surface area contributed by atoms with Gasteiger partial charge in [0.25, 0.3) is 3.79 Å². The van der Waals surface area contributed by atoms with Gasteiger partial charge in [0.2, 0.25) is 12.2 Å². The Bertz CT molecular complexity index is 1350. The van der Waals surface area contributed by atoms with Gasteiger partial charge in [-0.15, -0.1) is 0 Å². The van der Waals surface area contributed by atoms with Crippen LogP contribution in [0.4, 0.5) is 13.2 Å². The molecule has 2 aromatic carbocycles. The van der Waals surface area contributed by atoms with E-state index < -0.39 is 70.1 Å². The number of nitrogens with zero attached hydrogens (tertiary/aromatic N) is 3. The summed E-state index contributed by atoms with van der Waals surface area (Å²) in [4.78, 5) is 2.71. The summed E-state index contributed by atoms with van der Waals surface area (Å²) in [5.74, 6) is -0.952. The van der Waals surface area contributed by atoms with E-state index in [0.29, 0.717) is 11.1 Å². The summed E-state index contributed by atoms with van der Waals surface area (Å²) in [6, 6.07) is 15.5. The van der Waals surface area contributed by atoms with Crippen LogP contribution in [0.3, 0.4) is 0 Å². The van der Waals surface area contributed by atoms with Crippen LogP contribution in [0.25, 0.3) is 10.4 Å². The van der Waals surface area contributed by atoms with E-state index in [1.165, 1.54) is 0 Å². The largest absolute Gasteiger partial charge is 0.448 e. The highest BCUT2D eigenvalue weighted by atomic mass is 35.6. The minimum atomic E-state index is -5.36. The second-order valence-electron chi connectivity index (χ2n) is 8.79. The van der Waals surface area contributed by atoms with E-state index in [-0.39, 0.29) is 13.2 Å². The van der Waals surface area contributed by atoms with Gasteiger partial charge >= 0.3 is 16.6 Å². The van der Waals surface area contributed by atoms with Gasteiger partial charge in [-0.25, -0.2) is 8.37 Å². The molecule has 1 fully saturated rings. The van der Waals surface area contributed by atoms with E-state index in [1.54, 1.807) is 60.7 Å². The predicted octanol–water partition coefficient (Wildman–Crippen LogP) is 5.77. The van der Waals surface area contributed by atoms with Gasteiger partial charge in [-0.1, -0.05) is 101 Å². The van der Waals surface area contributed by atoms with Crippen LogP contribution < -0.4 is 0 Å². The van der Waals surface area contributed by atoms with Crippen LogP contribution in [0.1, 0.15) is 11.1 Å². The molecular weight excluding hydrogens is 668 g/mol. The van der Waals surface area contributed by atoms with Crippen LogP contribution in [0, 0.1) is 5.41 Å². The highest BCUT2D eigenvalue weighted by Crippen LogP contribution is 2.35. The van der Waals surface area contributed by atoms with Crippen molar-refractivity contribution in [1.29, 1.82) is 5.41 Å². The molecule has 0 saturated carbocycles. The summed E-state index contributed by atoms with van der Waals surface area (Å²) < 4.78 is 92.7. The lowest BCUT2D eigenvalue weighted by molar-refractivity contribution is -0.253. The first-order valence-electron chi connectivity index (χ1n) is 12.1. The molecule has 0 spiro atoms. The number of azide groups is 1. The van der Waals surface area contributed by atoms with Gasteiger partial charge in [0.1, 0.15) is 24.4 Å². The molecular formula is C24H24Cl3F3N4O8S. The van der Waals surface area contributed by atoms with Gasteiger partial charge in [-0.2, -0.15) is 21.6 Å². The molecule has 236 valence electrons. The Labute approximate surface area is 259 Å². The fourth-order valence-corrected chi connectivity index (χ4v) is 4.70. The van der Waals surface area contributed by atoms with E-state index in [9.17, 15) is 27.1 Å². The molecule has 1 N–H and O–H groups in total. The third kappa shape index (κ3) is 11.6. The number of halogens is 6. The average Bonchev–Trinajstić information content (AvgIpc) is 2.94. The molecule has 0 unspecified atom stereocenters. The van der Waals surface area contributed by atoms with Gasteiger partial charge in [0.05, 0.1) is 19.8 Å². The first-order valence-corrected chi connectivity index (χ1v) is 14.6. The summed E-state index contributed by atoms with van der Waals surface area (Å²) >= 11 is 17.2. The number of benzene rings is 2. The average molecular weight is 692 g/mol. The van der Waals surface area contributed by atoms with Gasteiger partial charge < -0.3 is 18.9 Å². The molecule has 5 atom stereocenters. The van der Waals surface area contributed by atoms with Crippen LogP contribution >= 0.6 is 34.8 Å². The summed E-state index contributed by atoms with van der Waals surface area (Å²) in [7, 11) is -5.36. The van der Waals surface area contributed by atoms with Crippen LogP contribution in [-0.4, -0.2) is 68.1 Å². The summed E-state index contributed by atoms with van der Waals surface area (Å²) in [6.07, 6.45) is -11.7. The van der Waals surface area contributed by atoms with E-state index in [4.69, 9.17) is 63.3 Å². The Morgan fingerprint density at radius 2 is 1.58 bits per heavy atom. The normalized spacial score (nSPS) is 22.9. The Hall–Kier alpha value is -2.37. The lowest BCUT2D eigenvalue weighted by Crippen LogP contribution is -2.61. The second-order valence-corrected chi connectivity index (χ2v) is 12.3. The van der Waals surface area contributed by atoms with Crippen LogP contribution in [-0.2, 0) is 50.9 Å². The van der Waals surface area contributed by atoms with E-state index in [0.717, 1.165) is 0 Å². The second kappa shape index (κ2) is 15.6. The predicted molar refractivity (Wildman–Crippen MR) is 148 cm³/mol. The van der Waals surface area contributed by atoms with Crippen molar-refractivity contribution in [2.45, 2.75) is 53.8 Å². The molecule has 3 rings (SSSR count). The van der Waals surface area contributed by atoms with Crippen molar-refractivity contribution in [2.75, 3.05) is 13.2 Å². The quantitative estimate of drug-likeness (QED) is 0.0692. The molecule has 0 bridgehead atoms. The number of ether oxygens (including phenoxy) is 4. The van der Waals surface area contributed by atoms with Gasteiger partial charge in [-0.05, 0) is 16.7 Å². The monoisotopic (exact) mass is 690 g/mol. The Morgan fingerprint density at radius 3 is 2.12 bits per heavy atom. The number of rotatable bonds is 13. The third-order valence-electron chi connectivity index (χ3n) is 5.57. The number of alkyl halides is 6. The summed E-state index contributed by atoms with van der Waals surface area (Å²) in [5, 5.41) is 11.5. The molecule has 0 aromatic heterocycles. The van der Waals surface area contributed by atoms with E-state index >= 15 is 0 Å². The molecule has 19 heteroatoms. The van der Waals surface area contributed by atoms with Crippen LogP contribution in [0.15, 0.2) is 65.8 Å². The first-order chi connectivity index (χ1) is 20.2. The Balaban J connectivity index is 1.98. The molecule has 0 aliphatic carbocycles. The topological polar surface area (TPSA) is 162 Å². The van der Waals surface area contributed by atoms with Crippen molar-refractivity contribution in [1.82, 2.24) is 0 Å². The highest BCUT2D eigenvalue weighted by Gasteiger charge is 2.52. The molecule has 0 radical (unpaired) electrons. The fourth-order valence-electron chi connectivity index (χ4n) is 3.73. The van der Waals surface area contributed by atoms with Crippen LogP contribution in [0.5, 0.6) is 0 Å². The maximum Gasteiger partial charge on any atom is 0.413 e. The SMILES string of the molecule is [N-]=[N+]=N[C@H]1[C@@H](OC(=N)C(Cl)(Cl)Cl)O[C@H](COCc2ccccc2)[C@H](OS(=O)(=O)OCC(F)(F)F)[C@@H]1OCc1ccccc1. The smallest absolute Gasteiger partial charge is 0.413 e. The van der Waals surface area contributed by atoms with Crippen molar-refractivity contribution < 1.29 is 48.9 Å². The number of hydrogen-bond donors (Lipinski definition) is 1. The summed E-state index contributed by atoms with van der Waals surface area (Å²) in [5.41, 5.74) is 10.6. The summed E-state index contributed by atoms with van der Waals surface area (Å²) in [6.45, 7) is -2.86. The minimum Gasteiger partial charge on any atom is -0.448 e. The van der Waals surface area contributed by atoms with Gasteiger partial charge in [-0.3, -0.25) is 5.41 Å². The fraction of sp³-hybridized carbons (Fsp3) is 0.458. The molecule has 1 saturated heterocycles. The van der Waals surface area contributed by atoms with Gasteiger partial charge in [0.15, 0.2) is 6.61 Å². The molecule has 1 heterocycles. The maximum absolute atomic E-state index is 12.7. The maximum atomic E-state index is 12.7.